The molecule has 18 heavy (non-hydrogen) atoms. The molecule has 2 aliphatic rings. The van der Waals surface area contributed by atoms with Gasteiger partial charge in [-0.1, -0.05) is 26.7 Å². The van der Waals surface area contributed by atoms with Gasteiger partial charge in [-0.05, 0) is 42.9 Å². The van der Waals surface area contributed by atoms with E-state index in [0.29, 0.717) is 23.7 Å². The van der Waals surface area contributed by atoms with E-state index in [1.807, 2.05) is 0 Å². The molecule has 104 valence electrons. The third kappa shape index (κ3) is 3.25. The lowest BCUT2D eigenvalue weighted by Crippen LogP contribution is -2.39. The normalized spacial score (nSPS) is 30.2. The van der Waals surface area contributed by atoms with Crippen LogP contribution in [0.5, 0.6) is 0 Å². The molecular formula is C15H28N2O. The van der Waals surface area contributed by atoms with E-state index in [1.165, 1.54) is 25.7 Å². The molecule has 0 aliphatic heterocycles. The fraction of sp³-hybridized carbons (Fsp3) is 0.933. The molecule has 3 N–H and O–H groups in total. The zero-order valence-corrected chi connectivity index (χ0v) is 11.9. The Bertz CT molecular complexity index is 297. The summed E-state index contributed by atoms with van der Waals surface area (Å²) in [6.45, 7) is 5.39. The number of nitrogens with one attached hydrogen (secondary N) is 1. The Morgan fingerprint density at radius 1 is 1.33 bits per heavy atom. The van der Waals surface area contributed by atoms with Crippen molar-refractivity contribution in [2.45, 2.75) is 64.8 Å². The number of carbonyl (C=O) groups is 1. The largest absolute Gasteiger partial charge is 0.356 e. The summed E-state index contributed by atoms with van der Waals surface area (Å²) in [4.78, 5) is 12.0. The number of hydrogen-bond donors (Lipinski definition) is 2. The number of nitrogens with two attached hydrogens (primary N) is 1. The van der Waals surface area contributed by atoms with Gasteiger partial charge < -0.3 is 11.1 Å². The standard InChI is InChI=1S/C15H28N2O/c1-11(2)15(7-8-15)10-17-14(18)9-12-5-3-4-6-13(12)16/h11-13H,3-10,16H2,1-2H3,(H,17,18). The quantitative estimate of drug-likeness (QED) is 0.789. The van der Waals surface area contributed by atoms with Crippen molar-refractivity contribution in [1.82, 2.24) is 5.32 Å². The summed E-state index contributed by atoms with van der Waals surface area (Å²) in [5, 5.41) is 3.14. The van der Waals surface area contributed by atoms with Gasteiger partial charge in [0.25, 0.3) is 0 Å². The molecule has 3 nitrogen and oxygen atoms in total. The van der Waals surface area contributed by atoms with E-state index in [4.69, 9.17) is 5.73 Å². The second-order valence-electron chi connectivity index (χ2n) is 6.71. The van der Waals surface area contributed by atoms with Crippen molar-refractivity contribution in [2.24, 2.45) is 23.0 Å². The van der Waals surface area contributed by atoms with E-state index in [0.717, 1.165) is 19.4 Å². The van der Waals surface area contributed by atoms with Crippen molar-refractivity contribution in [1.29, 1.82) is 0 Å². The number of carbonyl (C=O) groups excluding carboxylic acids is 1. The maximum atomic E-state index is 12.0. The van der Waals surface area contributed by atoms with Gasteiger partial charge in [0.2, 0.25) is 5.91 Å². The summed E-state index contributed by atoms with van der Waals surface area (Å²) in [6.07, 6.45) is 7.87. The zero-order valence-electron chi connectivity index (χ0n) is 11.9. The predicted molar refractivity (Wildman–Crippen MR) is 74.1 cm³/mol. The maximum Gasteiger partial charge on any atom is 0.220 e. The molecule has 0 aromatic heterocycles. The molecule has 2 rings (SSSR count). The second-order valence-corrected chi connectivity index (χ2v) is 6.71. The molecule has 0 heterocycles. The summed E-state index contributed by atoms with van der Waals surface area (Å²) in [6, 6.07) is 0.240. The van der Waals surface area contributed by atoms with Gasteiger partial charge >= 0.3 is 0 Å². The van der Waals surface area contributed by atoms with Crippen LogP contribution in [0.2, 0.25) is 0 Å². The monoisotopic (exact) mass is 252 g/mol. The van der Waals surface area contributed by atoms with Crippen LogP contribution in [0.1, 0.15) is 58.8 Å². The summed E-state index contributed by atoms with van der Waals surface area (Å²) >= 11 is 0. The number of hydrogen-bond acceptors (Lipinski definition) is 2. The first kappa shape index (κ1) is 13.9. The first-order valence-electron chi connectivity index (χ1n) is 7.56. The molecular weight excluding hydrogens is 224 g/mol. The third-order valence-corrected chi connectivity index (χ3v) is 5.17. The average molecular weight is 252 g/mol. The Hall–Kier alpha value is -0.570. The van der Waals surface area contributed by atoms with Crippen molar-refractivity contribution in [2.75, 3.05) is 6.54 Å². The van der Waals surface area contributed by atoms with Gasteiger partial charge in [0.15, 0.2) is 0 Å². The SMILES string of the molecule is CC(C)C1(CNC(=O)CC2CCCCC2N)CC1. The highest BCUT2D eigenvalue weighted by Crippen LogP contribution is 2.51. The molecule has 3 heteroatoms. The minimum Gasteiger partial charge on any atom is -0.356 e. The van der Waals surface area contributed by atoms with E-state index >= 15 is 0 Å². The van der Waals surface area contributed by atoms with Crippen LogP contribution in [-0.4, -0.2) is 18.5 Å². The van der Waals surface area contributed by atoms with Gasteiger partial charge in [-0.25, -0.2) is 0 Å². The van der Waals surface area contributed by atoms with E-state index in [2.05, 4.69) is 19.2 Å². The predicted octanol–water partition coefficient (Wildman–Crippen LogP) is 2.45. The number of amides is 1. The maximum absolute atomic E-state index is 12.0. The van der Waals surface area contributed by atoms with E-state index in [1.54, 1.807) is 0 Å². The Balaban J connectivity index is 1.72. The molecule has 0 radical (unpaired) electrons. The van der Waals surface area contributed by atoms with Crippen molar-refractivity contribution >= 4 is 5.91 Å². The van der Waals surface area contributed by atoms with Crippen molar-refractivity contribution in [3.05, 3.63) is 0 Å². The van der Waals surface area contributed by atoms with Crippen molar-refractivity contribution in [3.63, 3.8) is 0 Å². The van der Waals surface area contributed by atoms with Crippen LogP contribution in [0.4, 0.5) is 0 Å². The lowest BCUT2D eigenvalue weighted by molar-refractivity contribution is -0.122. The fourth-order valence-corrected chi connectivity index (χ4v) is 3.19. The third-order valence-electron chi connectivity index (χ3n) is 5.17. The molecule has 0 spiro atoms. The molecule has 2 unspecified atom stereocenters. The van der Waals surface area contributed by atoms with Crippen LogP contribution < -0.4 is 11.1 Å². The van der Waals surface area contributed by atoms with Gasteiger partial charge in [0, 0.05) is 19.0 Å². The molecule has 2 saturated carbocycles. The minimum absolute atomic E-state index is 0.212. The fourth-order valence-electron chi connectivity index (χ4n) is 3.19. The highest BCUT2D eigenvalue weighted by atomic mass is 16.1. The van der Waals surface area contributed by atoms with Crippen molar-refractivity contribution in [3.8, 4) is 0 Å². The van der Waals surface area contributed by atoms with E-state index < -0.39 is 0 Å². The van der Waals surface area contributed by atoms with Gasteiger partial charge in [-0.3, -0.25) is 4.79 Å². The molecule has 0 saturated heterocycles. The van der Waals surface area contributed by atoms with Crippen molar-refractivity contribution < 1.29 is 4.79 Å². The lowest BCUT2D eigenvalue weighted by atomic mass is 9.83. The topological polar surface area (TPSA) is 55.1 Å². The van der Waals surface area contributed by atoms with Crippen LogP contribution in [0.15, 0.2) is 0 Å². The van der Waals surface area contributed by atoms with Crippen LogP contribution in [-0.2, 0) is 4.79 Å². The van der Waals surface area contributed by atoms with Crippen LogP contribution in [0, 0.1) is 17.3 Å². The smallest absolute Gasteiger partial charge is 0.220 e. The molecule has 2 atom stereocenters. The van der Waals surface area contributed by atoms with Gasteiger partial charge in [0.1, 0.15) is 0 Å². The summed E-state index contributed by atoms with van der Waals surface area (Å²) in [5.41, 5.74) is 6.50. The Morgan fingerprint density at radius 2 is 2.00 bits per heavy atom. The Morgan fingerprint density at radius 3 is 2.56 bits per heavy atom. The molecule has 0 aromatic rings. The molecule has 2 fully saturated rings. The van der Waals surface area contributed by atoms with Crippen LogP contribution >= 0.6 is 0 Å². The van der Waals surface area contributed by atoms with Crippen LogP contribution in [0.25, 0.3) is 0 Å². The summed E-state index contributed by atoms with van der Waals surface area (Å²) in [7, 11) is 0. The Kier molecular flexibility index (Phi) is 4.31. The van der Waals surface area contributed by atoms with Gasteiger partial charge in [-0.15, -0.1) is 0 Å². The zero-order chi connectivity index (χ0) is 13.2. The minimum atomic E-state index is 0.212. The highest BCUT2D eigenvalue weighted by molar-refractivity contribution is 5.76. The average Bonchev–Trinajstić information content (AvgIpc) is 3.11. The van der Waals surface area contributed by atoms with Gasteiger partial charge in [-0.2, -0.15) is 0 Å². The molecule has 0 aromatic carbocycles. The van der Waals surface area contributed by atoms with Gasteiger partial charge in [0.05, 0.1) is 0 Å². The van der Waals surface area contributed by atoms with Crippen LogP contribution in [0.3, 0.4) is 0 Å². The highest BCUT2D eigenvalue weighted by Gasteiger charge is 2.45. The first-order valence-corrected chi connectivity index (χ1v) is 7.56. The summed E-state index contributed by atoms with van der Waals surface area (Å²) in [5.74, 6) is 1.30. The second kappa shape index (κ2) is 5.60. The van der Waals surface area contributed by atoms with E-state index in [9.17, 15) is 4.79 Å². The summed E-state index contributed by atoms with van der Waals surface area (Å²) < 4.78 is 0. The number of rotatable bonds is 5. The van der Waals surface area contributed by atoms with E-state index in [-0.39, 0.29) is 11.9 Å². The first-order chi connectivity index (χ1) is 8.53. The molecule has 2 aliphatic carbocycles. The molecule has 0 bridgehead atoms. The molecule has 1 amide bonds. The Labute approximate surface area is 111 Å². The lowest BCUT2D eigenvalue weighted by Gasteiger charge is -2.28.